The van der Waals surface area contributed by atoms with Crippen molar-refractivity contribution in [2.45, 2.75) is 44.2 Å². The summed E-state index contributed by atoms with van der Waals surface area (Å²) in [6.07, 6.45) is 0.453. The van der Waals surface area contributed by atoms with Gasteiger partial charge in [-0.1, -0.05) is 18.2 Å². The second-order valence-electron chi connectivity index (χ2n) is 8.59. The summed E-state index contributed by atoms with van der Waals surface area (Å²) in [7, 11) is 0. The molecule has 2 aliphatic rings. The molecule has 7 heteroatoms. The van der Waals surface area contributed by atoms with Crippen molar-refractivity contribution in [2.75, 3.05) is 32.7 Å². The lowest BCUT2D eigenvalue weighted by Crippen LogP contribution is -2.44. The van der Waals surface area contributed by atoms with Crippen LogP contribution >= 0.6 is 0 Å². The molecule has 1 atom stereocenters. The Kier molecular flexibility index (Phi) is 6.60. The van der Waals surface area contributed by atoms with E-state index in [2.05, 4.69) is 4.90 Å². The first-order chi connectivity index (χ1) is 14.9. The van der Waals surface area contributed by atoms with Crippen LogP contribution in [0.5, 0.6) is 0 Å². The van der Waals surface area contributed by atoms with Crippen molar-refractivity contribution in [3.05, 3.63) is 65.0 Å². The van der Waals surface area contributed by atoms with Gasteiger partial charge in [0.25, 0.3) is 0 Å². The van der Waals surface area contributed by atoms with Crippen molar-refractivity contribution in [3.63, 3.8) is 0 Å². The number of halogens is 3. The molecular formula is C24H28F3N3O. The highest BCUT2D eigenvalue weighted by Crippen LogP contribution is 2.30. The van der Waals surface area contributed by atoms with Crippen molar-refractivity contribution in [2.24, 2.45) is 0 Å². The maximum absolute atomic E-state index is 12.8. The minimum absolute atomic E-state index is 0.198. The number of nitrogens with zero attached hydrogens (tertiary/aromatic N) is 3. The fraction of sp³-hybridized carbons (Fsp3) is 0.500. The quantitative estimate of drug-likeness (QED) is 0.700. The molecule has 0 N–H and O–H groups in total. The van der Waals surface area contributed by atoms with E-state index in [0.717, 1.165) is 61.6 Å². The molecule has 0 saturated carbocycles. The summed E-state index contributed by atoms with van der Waals surface area (Å²) in [5, 5.41) is 0. The summed E-state index contributed by atoms with van der Waals surface area (Å²) >= 11 is 0. The Bertz CT molecular complexity index is 892. The molecule has 2 aromatic rings. The normalized spacial score (nSPS) is 20.2. The number of alkyl halides is 3. The molecule has 1 aromatic heterocycles. The fourth-order valence-electron chi connectivity index (χ4n) is 4.52. The topological polar surface area (TPSA) is 36.4 Å². The first-order valence-corrected chi connectivity index (χ1v) is 11.0. The Hall–Kier alpha value is -2.41. The van der Waals surface area contributed by atoms with E-state index in [0.29, 0.717) is 19.5 Å². The SMILES string of the molecule is O=C(CN1CCCC1)N1CCCC(c2cccc(Cc3ccc(C(F)(F)F)cc3)n2)C1. The smallest absolute Gasteiger partial charge is 0.341 e. The molecule has 4 rings (SSSR count). The van der Waals surface area contributed by atoms with Gasteiger partial charge in [-0.3, -0.25) is 14.7 Å². The Morgan fingerprint density at radius 3 is 2.45 bits per heavy atom. The lowest BCUT2D eigenvalue weighted by molar-refractivity contribution is -0.137. The van der Waals surface area contributed by atoms with E-state index < -0.39 is 11.7 Å². The maximum Gasteiger partial charge on any atom is 0.416 e. The number of pyridine rings is 1. The Morgan fingerprint density at radius 1 is 1.00 bits per heavy atom. The first-order valence-electron chi connectivity index (χ1n) is 11.0. The van der Waals surface area contributed by atoms with Gasteiger partial charge in [0.15, 0.2) is 0 Å². The molecule has 1 aromatic carbocycles. The summed E-state index contributed by atoms with van der Waals surface area (Å²) < 4.78 is 38.3. The van der Waals surface area contributed by atoms with Crippen LogP contribution in [0.15, 0.2) is 42.5 Å². The van der Waals surface area contributed by atoms with Crippen LogP contribution in [0.1, 0.15) is 54.1 Å². The third-order valence-corrected chi connectivity index (χ3v) is 6.24. The van der Waals surface area contributed by atoms with Gasteiger partial charge in [0.2, 0.25) is 5.91 Å². The van der Waals surface area contributed by atoms with E-state index in [4.69, 9.17) is 4.98 Å². The van der Waals surface area contributed by atoms with E-state index in [9.17, 15) is 18.0 Å². The van der Waals surface area contributed by atoms with Gasteiger partial charge in [0.05, 0.1) is 12.1 Å². The van der Waals surface area contributed by atoms with Crippen molar-refractivity contribution in [1.82, 2.24) is 14.8 Å². The van der Waals surface area contributed by atoms with E-state index in [1.165, 1.54) is 25.0 Å². The van der Waals surface area contributed by atoms with E-state index in [1.807, 2.05) is 23.1 Å². The number of likely N-dealkylation sites (tertiary alicyclic amines) is 2. The zero-order chi connectivity index (χ0) is 21.8. The van der Waals surface area contributed by atoms with Crippen LogP contribution < -0.4 is 0 Å². The van der Waals surface area contributed by atoms with Crippen LogP contribution in [-0.4, -0.2) is 53.4 Å². The molecule has 31 heavy (non-hydrogen) atoms. The van der Waals surface area contributed by atoms with E-state index in [-0.39, 0.29) is 11.8 Å². The number of carbonyl (C=O) groups excluding carboxylic acids is 1. The molecule has 2 aliphatic heterocycles. The first kappa shape index (κ1) is 21.8. The molecule has 1 unspecified atom stereocenters. The molecule has 3 heterocycles. The Morgan fingerprint density at radius 2 is 1.74 bits per heavy atom. The highest BCUT2D eigenvalue weighted by Gasteiger charge is 2.30. The molecule has 2 fully saturated rings. The molecule has 0 radical (unpaired) electrons. The average Bonchev–Trinajstić information content (AvgIpc) is 3.27. The number of aromatic nitrogens is 1. The van der Waals surface area contributed by atoms with Gasteiger partial charge < -0.3 is 4.90 Å². The van der Waals surface area contributed by atoms with Crippen LogP contribution in [0.4, 0.5) is 13.2 Å². The predicted molar refractivity (Wildman–Crippen MR) is 113 cm³/mol. The third kappa shape index (κ3) is 5.64. The summed E-state index contributed by atoms with van der Waals surface area (Å²) in [5.74, 6) is 0.399. The summed E-state index contributed by atoms with van der Waals surface area (Å²) in [5.41, 5.74) is 1.95. The van der Waals surface area contributed by atoms with Gasteiger partial charge in [0.1, 0.15) is 0 Å². The van der Waals surface area contributed by atoms with Crippen LogP contribution in [0.2, 0.25) is 0 Å². The number of rotatable bonds is 5. The molecule has 0 spiro atoms. The molecule has 0 bridgehead atoms. The number of benzene rings is 1. The van der Waals surface area contributed by atoms with Crippen molar-refractivity contribution in [3.8, 4) is 0 Å². The van der Waals surface area contributed by atoms with Gasteiger partial charge in [-0.15, -0.1) is 0 Å². The van der Waals surface area contributed by atoms with Crippen LogP contribution in [0.3, 0.4) is 0 Å². The largest absolute Gasteiger partial charge is 0.416 e. The summed E-state index contributed by atoms with van der Waals surface area (Å²) in [6.45, 7) is 4.01. The van der Waals surface area contributed by atoms with Crippen LogP contribution in [-0.2, 0) is 17.4 Å². The highest BCUT2D eigenvalue weighted by atomic mass is 19.4. The second kappa shape index (κ2) is 9.39. The van der Waals surface area contributed by atoms with Gasteiger partial charge in [-0.25, -0.2) is 0 Å². The number of carbonyl (C=O) groups is 1. The minimum Gasteiger partial charge on any atom is -0.341 e. The fourth-order valence-corrected chi connectivity index (χ4v) is 4.52. The Labute approximate surface area is 181 Å². The predicted octanol–water partition coefficient (Wildman–Crippen LogP) is 4.49. The molecule has 166 valence electrons. The molecule has 2 saturated heterocycles. The Balaban J connectivity index is 1.39. The lowest BCUT2D eigenvalue weighted by atomic mass is 9.93. The van der Waals surface area contributed by atoms with Crippen molar-refractivity contribution >= 4 is 5.91 Å². The monoisotopic (exact) mass is 431 g/mol. The summed E-state index contributed by atoms with van der Waals surface area (Å²) in [6, 6.07) is 11.1. The lowest BCUT2D eigenvalue weighted by Gasteiger charge is -2.33. The van der Waals surface area contributed by atoms with Crippen LogP contribution in [0.25, 0.3) is 0 Å². The molecule has 0 aliphatic carbocycles. The zero-order valence-corrected chi connectivity index (χ0v) is 17.6. The van der Waals surface area contributed by atoms with Gasteiger partial charge in [-0.2, -0.15) is 13.2 Å². The molecular weight excluding hydrogens is 403 g/mol. The van der Waals surface area contributed by atoms with Crippen molar-refractivity contribution < 1.29 is 18.0 Å². The number of piperidine rings is 1. The number of hydrogen-bond acceptors (Lipinski definition) is 3. The van der Waals surface area contributed by atoms with E-state index in [1.54, 1.807) is 0 Å². The van der Waals surface area contributed by atoms with Gasteiger partial charge >= 0.3 is 6.18 Å². The maximum atomic E-state index is 12.8. The number of hydrogen-bond donors (Lipinski definition) is 0. The summed E-state index contributed by atoms with van der Waals surface area (Å²) in [4.78, 5) is 21.7. The zero-order valence-electron chi connectivity index (χ0n) is 17.6. The van der Waals surface area contributed by atoms with Gasteiger partial charge in [-0.05, 0) is 68.6 Å². The standard InChI is InChI=1S/C24H28F3N3O/c25-24(26,27)20-10-8-18(9-11-20)15-21-6-3-7-22(28-21)19-5-4-14-30(16-19)23(31)17-29-12-1-2-13-29/h3,6-11,19H,1-2,4-5,12-17H2. The third-order valence-electron chi connectivity index (χ3n) is 6.24. The second-order valence-corrected chi connectivity index (χ2v) is 8.59. The minimum atomic E-state index is -4.32. The van der Waals surface area contributed by atoms with Crippen molar-refractivity contribution in [1.29, 1.82) is 0 Å². The van der Waals surface area contributed by atoms with E-state index >= 15 is 0 Å². The van der Waals surface area contributed by atoms with Crippen LogP contribution in [0, 0.1) is 0 Å². The highest BCUT2D eigenvalue weighted by molar-refractivity contribution is 5.78. The average molecular weight is 432 g/mol. The molecule has 4 nitrogen and oxygen atoms in total. The van der Waals surface area contributed by atoms with Gasteiger partial charge in [0, 0.05) is 36.8 Å². The number of amides is 1. The molecule has 1 amide bonds.